The highest BCUT2D eigenvalue weighted by molar-refractivity contribution is 5.81. The van der Waals surface area contributed by atoms with Crippen LogP contribution in [0.15, 0.2) is 158 Å². The second kappa shape index (κ2) is 20.3. The molecule has 15 nitrogen and oxygen atoms in total. The topological polar surface area (TPSA) is 175 Å². The van der Waals surface area contributed by atoms with E-state index in [0.717, 1.165) is 47.9 Å². The van der Waals surface area contributed by atoms with Crippen molar-refractivity contribution < 1.29 is 43.6 Å². The minimum absolute atomic E-state index is 0. The smallest absolute Gasteiger partial charge is 0.225 e. The van der Waals surface area contributed by atoms with E-state index in [-0.39, 0.29) is 53.3 Å². The lowest BCUT2D eigenvalue weighted by atomic mass is 9.90. The molecular formula is C62H64N6O9. The lowest BCUT2D eigenvalue weighted by molar-refractivity contribution is -0.168. The second-order valence-corrected chi connectivity index (χ2v) is 21.4. The number of aromatic nitrogens is 2. The molecule has 10 heterocycles. The number of carbonyl (C=O) groups is 4. The first kappa shape index (κ1) is 50.7. The first-order valence-corrected chi connectivity index (χ1v) is 27.3. The fourth-order valence-corrected chi connectivity index (χ4v) is 13.8. The molecule has 14 rings (SSSR count). The molecule has 15 heteroatoms. The number of amides is 4. The van der Waals surface area contributed by atoms with E-state index in [0.29, 0.717) is 101 Å². The standard InChI is InChI=1S/2C31H31N3O4.H2O/c2*35-28-16-8-18-30(33(28)24(20-37-30)22-10-3-1-4-11-22)26-14-7-15-27(32-26)31-19-9-17-29(36)34(31)25(21-38-31)23-12-5-2-6-13-23;/h2*1-7,10-15,24-25H,8-9,16-21H2;1H2/t2*24-,25-,30+,31+;/m00./s1. The van der Waals surface area contributed by atoms with Crippen LogP contribution in [0.4, 0.5) is 0 Å². The number of rotatable bonds is 8. The zero-order valence-corrected chi connectivity index (χ0v) is 43.1. The molecule has 0 aliphatic carbocycles. The van der Waals surface area contributed by atoms with Gasteiger partial charge in [0.05, 0.1) is 73.4 Å². The Hall–Kier alpha value is -7.14. The van der Waals surface area contributed by atoms with Gasteiger partial charge in [0.1, 0.15) is 0 Å². The highest BCUT2D eigenvalue weighted by atomic mass is 16.5. The van der Waals surface area contributed by atoms with Gasteiger partial charge in [0.25, 0.3) is 0 Å². The van der Waals surface area contributed by atoms with Crippen LogP contribution < -0.4 is 0 Å². The number of piperidine rings is 4. The van der Waals surface area contributed by atoms with E-state index in [9.17, 15) is 19.2 Å². The Morgan fingerprint density at radius 3 is 0.766 bits per heavy atom. The van der Waals surface area contributed by atoms with Crippen LogP contribution in [-0.4, -0.2) is 85.1 Å². The van der Waals surface area contributed by atoms with E-state index in [1.165, 1.54) is 0 Å². The molecule has 77 heavy (non-hydrogen) atoms. The molecule has 2 aromatic heterocycles. The maximum atomic E-state index is 13.4. The maximum absolute atomic E-state index is 13.4. The van der Waals surface area contributed by atoms with Crippen LogP contribution in [0, 0.1) is 0 Å². The zero-order chi connectivity index (χ0) is 51.5. The number of fused-ring (bicyclic) bond motifs is 4. The Bertz CT molecular complexity index is 2740. The molecule has 4 aromatic carbocycles. The molecule has 0 radical (unpaired) electrons. The van der Waals surface area contributed by atoms with E-state index >= 15 is 0 Å². The molecule has 4 amide bonds. The van der Waals surface area contributed by atoms with Crippen LogP contribution in [0.1, 0.15) is 146 Å². The first-order chi connectivity index (χ1) is 37.2. The van der Waals surface area contributed by atoms with Crippen LogP contribution >= 0.6 is 0 Å². The van der Waals surface area contributed by atoms with Gasteiger partial charge >= 0.3 is 0 Å². The van der Waals surface area contributed by atoms with Crippen LogP contribution in [0.25, 0.3) is 0 Å². The van der Waals surface area contributed by atoms with E-state index in [4.69, 9.17) is 28.9 Å². The summed E-state index contributed by atoms with van der Waals surface area (Å²) in [6.07, 6.45) is 7.70. The van der Waals surface area contributed by atoms with Gasteiger partial charge in [0.15, 0.2) is 22.9 Å². The van der Waals surface area contributed by atoms with E-state index in [1.54, 1.807) is 0 Å². The molecule has 6 aromatic rings. The van der Waals surface area contributed by atoms with Crippen molar-refractivity contribution in [2.24, 2.45) is 0 Å². The minimum Gasteiger partial charge on any atom is -0.412 e. The monoisotopic (exact) mass is 1040 g/mol. The van der Waals surface area contributed by atoms with Crippen molar-refractivity contribution in [3.8, 4) is 0 Å². The van der Waals surface area contributed by atoms with Crippen LogP contribution in [0.2, 0.25) is 0 Å². The van der Waals surface area contributed by atoms with Gasteiger partial charge in [-0.1, -0.05) is 133 Å². The third-order valence-electron chi connectivity index (χ3n) is 17.3. The average molecular weight is 1040 g/mol. The fraction of sp³-hybridized carbons (Fsp3) is 0.387. The van der Waals surface area contributed by atoms with Gasteiger partial charge in [-0.2, -0.15) is 0 Å². The third-order valence-corrected chi connectivity index (χ3v) is 17.3. The van der Waals surface area contributed by atoms with Gasteiger partial charge in [0, 0.05) is 51.4 Å². The molecule has 8 aliphatic heterocycles. The predicted octanol–water partition coefficient (Wildman–Crippen LogP) is 9.09. The zero-order valence-electron chi connectivity index (χ0n) is 43.1. The number of pyridine rings is 2. The number of benzene rings is 4. The van der Waals surface area contributed by atoms with Crippen molar-refractivity contribution in [1.82, 2.24) is 29.6 Å². The Morgan fingerprint density at radius 1 is 0.325 bits per heavy atom. The fourth-order valence-electron chi connectivity index (χ4n) is 13.8. The molecule has 396 valence electrons. The summed E-state index contributed by atoms with van der Waals surface area (Å²) in [7, 11) is 0. The highest BCUT2D eigenvalue weighted by Crippen LogP contribution is 2.54. The predicted molar refractivity (Wildman–Crippen MR) is 282 cm³/mol. The van der Waals surface area contributed by atoms with Gasteiger partial charge in [-0.25, -0.2) is 9.97 Å². The summed E-state index contributed by atoms with van der Waals surface area (Å²) in [6.45, 7) is 1.68. The Balaban J connectivity index is 0.000000153. The second-order valence-electron chi connectivity index (χ2n) is 21.4. The molecule has 8 atom stereocenters. The van der Waals surface area contributed by atoms with Gasteiger partial charge in [-0.05, 0) is 72.2 Å². The molecule has 0 saturated carbocycles. The van der Waals surface area contributed by atoms with E-state index in [2.05, 4.69) is 48.5 Å². The van der Waals surface area contributed by atoms with Crippen molar-refractivity contribution in [2.45, 2.75) is 124 Å². The highest BCUT2D eigenvalue weighted by Gasteiger charge is 2.60. The SMILES string of the molecule is O.O=C1CCC[C@]2(c3cccc([C@]45CCCC(=O)N4[C@H](c4ccccc4)CO5)n3)OC[C@@H](c3ccccc3)N12.O=C1CCC[C@]2(c3cccc([C@]45CCCC(=O)N4[C@H](c4ccccc4)CO5)n3)OC[C@@H](c3ccccc3)N12. The van der Waals surface area contributed by atoms with Crippen LogP contribution in [0.5, 0.6) is 0 Å². The normalized spacial score (nSPS) is 30.4. The van der Waals surface area contributed by atoms with Crippen LogP contribution in [0.3, 0.4) is 0 Å². The minimum atomic E-state index is -0.927. The summed E-state index contributed by atoms with van der Waals surface area (Å²) in [5, 5.41) is 0. The Morgan fingerprint density at radius 2 is 0.545 bits per heavy atom. The number of hydrogen-bond donors (Lipinski definition) is 0. The number of ether oxygens (including phenoxy) is 4. The number of nitrogens with zero attached hydrogens (tertiary/aromatic N) is 6. The quantitative estimate of drug-likeness (QED) is 0.143. The summed E-state index contributed by atoms with van der Waals surface area (Å²) in [6, 6.07) is 51.4. The van der Waals surface area contributed by atoms with E-state index in [1.807, 2.05) is 129 Å². The number of hydrogen-bond acceptors (Lipinski definition) is 10. The molecule has 8 saturated heterocycles. The molecular weight excluding hydrogens is 973 g/mol. The lowest BCUT2D eigenvalue weighted by Gasteiger charge is -2.44. The van der Waals surface area contributed by atoms with Crippen LogP contribution in [-0.2, 0) is 61.0 Å². The largest absolute Gasteiger partial charge is 0.412 e. The average Bonchev–Trinajstić information content (AvgIpc) is 4.33. The molecule has 8 aliphatic rings. The van der Waals surface area contributed by atoms with Crippen molar-refractivity contribution in [2.75, 3.05) is 26.4 Å². The number of carbonyl (C=O) groups excluding carboxylic acids is 4. The molecule has 0 bridgehead atoms. The van der Waals surface area contributed by atoms with E-state index < -0.39 is 22.9 Å². The lowest BCUT2D eigenvalue weighted by Crippen LogP contribution is -2.52. The van der Waals surface area contributed by atoms with Gasteiger partial charge in [-0.15, -0.1) is 0 Å². The summed E-state index contributed by atoms with van der Waals surface area (Å²) in [5.41, 5.74) is 3.38. The van der Waals surface area contributed by atoms with Crippen molar-refractivity contribution >= 4 is 23.6 Å². The summed E-state index contributed by atoms with van der Waals surface area (Å²) in [5.74, 6) is 0.347. The van der Waals surface area contributed by atoms with Gasteiger partial charge < -0.3 is 24.4 Å². The summed E-state index contributed by atoms with van der Waals surface area (Å²) < 4.78 is 26.2. The van der Waals surface area contributed by atoms with Crippen molar-refractivity contribution in [1.29, 1.82) is 0 Å². The first-order valence-electron chi connectivity index (χ1n) is 27.3. The summed E-state index contributed by atoms with van der Waals surface area (Å²) in [4.78, 5) is 71.6. The molecule has 0 unspecified atom stereocenters. The molecule has 8 fully saturated rings. The Labute approximate surface area is 448 Å². The molecule has 0 spiro atoms. The Kier molecular flexibility index (Phi) is 13.4. The maximum Gasteiger partial charge on any atom is 0.225 e. The van der Waals surface area contributed by atoms with Crippen molar-refractivity contribution in [3.63, 3.8) is 0 Å². The summed E-state index contributed by atoms with van der Waals surface area (Å²) >= 11 is 0. The van der Waals surface area contributed by atoms with Gasteiger partial charge in [-0.3, -0.25) is 38.8 Å². The third kappa shape index (κ3) is 8.28. The van der Waals surface area contributed by atoms with Gasteiger partial charge in [0.2, 0.25) is 23.6 Å². The molecule has 2 N–H and O–H groups in total. The van der Waals surface area contributed by atoms with Crippen molar-refractivity contribution in [3.05, 3.63) is 203 Å².